The molecule has 1 aromatic heterocycles. The summed E-state index contributed by atoms with van der Waals surface area (Å²) >= 11 is 0. The number of hydrogen-bond donors (Lipinski definition) is 3. The summed E-state index contributed by atoms with van der Waals surface area (Å²) < 4.78 is 4.91. The lowest BCUT2D eigenvalue weighted by atomic mass is 10.2. The number of nitrogens with one attached hydrogen (secondary N) is 3. The van der Waals surface area contributed by atoms with Gasteiger partial charge >= 0.3 is 0 Å². The van der Waals surface area contributed by atoms with E-state index in [2.05, 4.69) is 21.1 Å². The standard InChI is InChI=1S/C16H21N5O4/c1-3-12(16(22)19-15-10-11(2)25-20-15)17-8-9-18-13-6-4-5-7-14(13)21(23)24/h4-7,10,12,17-18H,3,8-9H2,1-2H3,(H,19,20,22)/t12-/m1/s1. The predicted octanol–water partition coefficient (Wildman–Crippen LogP) is 2.31. The van der Waals surface area contributed by atoms with Gasteiger partial charge in [-0.05, 0) is 19.4 Å². The molecule has 0 unspecified atom stereocenters. The van der Waals surface area contributed by atoms with Gasteiger partial charge < -0.3 is 20.5 Å². The second kappa shape index (κ2) is 8.78. The van der Waals surface area contributed by atoms with E-state index in [-0.39, 0.29) is 11.6 Å². The molecule has 1 heterocycles. The molecule has 2 rings (SSSR count). The molecular formula is C16H21N5O4. The van der Waals surface area contributed by atoms with Crippen LogP contribution < -0.4 is 16.0 Å². The second-order valence-electron chi connectivity index (χ2n) is 5.43. The van der Waals surface area contributed by atoms with Crippen molar-refractivity contribution in [2.75, 3.05) is 23.7 Å². The first-order valence-corrected chi connectivity index (χ1v) is 7.96. The first-order valence-electron chi connectivity index (χ1n) is 7.96. The molecule has 1 amide bonds. The molecule has 0 aliphatic carbocycles. The predicted molar refractivity (Wildman–Crippen MR) is 93.5 cm³/mol. The summed E-state index contributed by atoms with van der Waals surface area (Å²) in [5.74, 6) is 0.784. The zero-order valence-corrected chi connectivity index (χ0v) is 14.1. The van der Waals surface area contributed by atoms with E-state index in [1.807, 2.05) is 6.92 Å². The van der Waals surface area contributed by atoms with Gasteiger partial charge in [-0.25, -0.2) is 0 Å². The minimum atomic E-state index is -0.433. The largest absolute Gasteiger partial charge is 0.378 e. The lowest BCUT2D eigenvalue weighted by Crippen LogP contribution is -2.42. The molecule has 0 aliphatic heterocycles. The maximum atomic E-state index is 12.2. The smallest absolute Gasteiger partial charge is 0.292 e. The van der Waals surface area contributed by atoms with E-state index < -0.39 is 11.0 Å². The summed E-state index contributed by atoms with van der Waals surface area (Å²) in [5, 5.41) is 23.5. The Bertz CT molecular complexity index is 731. The zero-order chi connectivity index (χ0) is 18.2. The van der Waals surface area contributed by atoms with Crippen LogP contribution in [0, 0.1) is 17.0 Å². The Morgan fingerprint density at radius 2 is 2.12 bits per heavy atom. The normalized spacial score (nSPS) is 11.8. The Hall–Kier alpha value is -2.94. The number of nitro benzene ring substituents is 1. The van der Waals surface area contributed by atoms with E-state index in [4.69, 9.17) is 4.52 Å². The Kier molecular flexibility index (Phi) is 6.47. The number of aryl methyl sites for hydroxylation is 1. The Morgan fingerprint density at radius 1 is 1.36 bits per heavy atom. The first kappa shape index (κ1) is 18.4. The van der Waals surface area contributed by atoms with Crippen LogP contribution in [0.25, 0.3) is 0 Å². The number of carbonyl (C=O) groups is 1. The molecule has 3 N–H and O–H groups in total. The number of aromatic nitrogens is 1. The highest BCUT2D eigenvalue weighted by Crippen LogP contribution is 2.22. The molecule has 0 saturated heterocycles. The molecule has 1 aromatic carbocycles. The minimum Gasteiger partial charge on any atom is -0.378 e. The van der Waals surface area contributed by atoms with Crippen molar-refractivity contribution >= 4 is 23.1 Å². The van der Waals surface area contributed by atoms with Crippen LogP contribution in [-0.2, 0) is 4.79 Å². The van der Waals surface area contributed by atoms with Gasteiger partial charge in [-0.3, -0.25) is 14.9 Å². The maximum absolute atomic E-state index is 12.2. The highest BCUT2D eigenvalue weighted by molar-refractivity contribution is 5.93. The number of nitro groups is 1. The van der Waals surface area contributed by atoms with Crippen molar-refractivity contribution in [3.63, 3.8) is 0 Å². The minimum absolute atomic E-state index is 0.0219. The zero-order valence-electron chi connectivity index (χ0n) is 14.1. The number of amides is 1. The van der Waals surface area contributed by atoms with Crippen LogP contribution in [0.3, 0.4) is 0 Å². The molecule has 0 saturated carbocycles. The van der Waals surface area contributed by atoms with Gasteiger partial charge in [0.2, 0.25) is 5.91 Å². The van der Waals surface area contributed by atoms with Crippen LogP contribution >= 0.6 is 0 Å². The number of nitrogens with zero attached hydrogens (tertiary/aromatic N) is 2. The number of hydrogen-bond acceptors (Lipinski definition) is 7. The molecule has 9 nitrogen and oxygen atoms in total. The summed E-state index contributed by atoms with van der Waals surface area (Å²) in [6.45, 7) is 4.54. The van der Waals surface area contributed by atoms with Crippen LogP contribution in [0.5, 0.6) is 0 Å². The highest BCUT2D eigenvalue weighted by Gasteiger charge is 2.17. The topological polar surface area (TPSA) is 122 Å². The van der Waals surface area contributed by atoms with Gasteiger partial charge in [0.05, 0.1) is 11.0 Å². The van der Waals surface area contributed by atoms with E-state index in [0.29, 0.717) is 36.8 Å². The van der Waals surface area contributed by atoms with Crippen molar-refractivity contribution in [2.45, 2.75) is 26.3 Å². The molecule has 0 fully saturated rings. The lowest BCUT2D eigenvalue weighted by Gasteiger charge is -2.16. The monoisotopic (exact) mass is 347 g/mol. The molecule has 0 bridgehead atoms. The van der Waals surface area contributed by atoms with Gasteiger partial charge in [0, 0.05) is 25.2 Å². The maximum Gasteiger partial charge on any atom is 0.292 e. The summed E-state index contributed by atoms with van der Waals surface area (Å²) in [5.41, 5.74) is 0.471. The van der Waals surface area contributed by atoms with Crippen molar-refractivity contribution in [2.24, 2.45) is 0 Å². The van der Waals surface area contributed by atoms with Crippen molar-refractivity contribution in [3.05, 3.63) is 46.2 Å². The van der Waals surface area contributed by atoms with Gasteiger partial charge in [0.1, 0.15) is 11.4 Å². The van der Waals surface area contributed by atoms with Crippen LogP contribution in [0.1, 0.15) is 19.1 Å². The number of anilines is 2. The van der Waals surface area contributed by atoms with E-state index in [0.717, 1.165) is 0 Å². The lowest BCUT2D eigenvalue weighted by molar-refractivity contribution is -0.384. The Labute approximate surface area is 144 Å². The summed E-state index contributed by atoms with van der Waals surface area (Å²) in [7, 11) is 0. The van der Waals surface area contributed by atoms with Gasteiger partial charge in [-0.1, -0.05) is 24.2 Å². The fourth-order valence-corrected chi connectivity index (χ4v) is 2.29. The fraction of sp³-hybridized carbons (Fsp3) is 0.375. The molecule has 0 aliphatic rings. The SMILES string of the molecule is CC[C@@H](NCCNc1ccccc1[N+](=O)[O-])C(=O)Nc1cc(C)on1. The van der Waals surface area contributed by atoms with Crippen LogP contribution in [0.2, 0.25) is 0 Å². The average molecular weight is 347 g/mol. The van der Waals surface area contributed by atoms with Crippen molar-refractivity contribution in [1.29, 1.82) is 0 Å². The Morgan fingerprint density at radius 3 is 2.76 bits per heavy atom. The second-order valence-corrected chi connectivity index (χ2v) is 5.43. The van der Waals surface area contributed by atoms with Crippen molar-refractivity contribution in [3.8, 4) is 0 Å². The van der Waals surface area contributed by atoms with Gasteiger partial charge in [-0.2, -0.15) is 0 Å². The van der Waals surface area contributed by atoms with Crippen LogP contribution in [0.4, 0.5) is 17.2 Å². The molecule has 2 aromatic rings. The summed E-state index contributed by atoms with van der Waals surface area (Å²) in [6.07, 6.45) is 0.591. The molecule has 0 radical (unpaired) electrons. The quantitative estimate of drug-likeness (QED) is 0.361. The van der Waals surface area contributed by atoms with Gasteiger partial charge in [0.15, 0.2) is 5.82 Å². The van der Waals surface area contributed by atoms with E-state index >= 15 is 0 Å². The third-order valence-corrected chi connectivity index (χ3v) is 3.54. The number of carbonyl (C=O) groups excluding carboxylic acids is 1. The van der Waals surface area contributed by atoms with Gasteiger partial charge in [0.25, 0.3) is 5.69 Å². The molecule has 9 heteroatoms. The molecule has 134 valence electrons. The van der Waals surface area contributed by atoms with E-state index in [1.54, 1.807) is 31.2 Å². The number of rotatable bonds is 9. The van der Waals surface area contributed by atoms with E-state index in [1.165, 1.54) is 6.07 Å². The fourth-order valence-electron chi connectivity index (χ4n) is 2.29. The summed E-state index contributed by atoms with van der Waals surface area (Å²) in [4.78, 5) is 22.7. The van der Waals surface area contributed by atoms with E-state index in [9.17, 15) is 14.9 Å². The number of para-hydroxylation sites is 2. The third-order valence-electron chi connectivity index (χ3n) is 3.54. The average Bonchev–Trinajstić information content (AvgIpc) is 2.99. The van der Waals surface area contributed by atoms with Crippen LogP contribution in [0.15, 0.2) is 34.9 Å². The third kappa shape index (κ3) is 5.28. The summed E-state index contributed by atoms with van der Waals surface area (Å²) in [6, 6.07) is 7.67. The van der Waals surface area contributed by atoms with Crippen molar-refractivity contribution < 1.29 is 14.2 Å². The Balaban J connectivity index is 1.81. The first-order chi connectivity index (χ1) is 12.0. The molecule has 25 heavy (non-hydrogen) atoms. The molecular weight excluding hydrogens is 326 g/mol. The van der Waals surface area contributed by atoms with Gasteiger partial charge in [-0.15, -0.1) is 0 Å². The molecule has 1 atom stereocenters. The van der Waals surface area contributed by atoms with Crippen LogP contribution in [-0.4, -0.2) is 35.1 Å². The molecule has 0 spiro atoms. The number of benzene rings is 1. The highest BCUT2D eigenvalue weighted by atomic mass is 16.6. The van der Waals surface area contributed by atoms with Crippen molar-refractivity contribution in [1.82, 2.24) is 10.5 Å².